The smallest absolute Gasteiger partial charge is 0.264 e. The largest absolute Gasteiger partial charge is 0.497 e. The lowest BCUT2D eigenvalue weighted by Gasteiger charge is -2.31. The van der Waals surface area contributed by atoms with Crippen molar-refractivity contribution in [3.05, 3.63) is 88.9 Å². The fourth-order valence-electron chi connectivity index (χ4n) is 3.71. The first-order valence-electron chi connectivity index (χ1n) is 11.6. The predicted octanol–water partition coefficient (Wildman–Crippen LogP) is 4.02. The van der Waals surface area contributed by atoms with Crippen LogP contribution < -0.4 is 14.4 Å². The summed E-state index contributed by atoms with van der Waals surface area (Å²) < 4.78 is 33.9. The van der Waals surface area contributed by atoms with Crippen LogP contribution in [0.5, 0.6) is 5.75 Å². The van der Waals surface area contributed by atoms with E-state index in [1.54, 1.807) is 67.6 Å². The van der Waals surface area contributed by atoms with Crippen LogP contribution in [0.2, 0.25) is 5.02 Å². The summed E-state index contributed by atoms with van der Waals surface area (Å²) in [5, 5.41) is 3.09. The minimum absolute atomic E-state index is 0.0392. The van der Waals surface area contributed by atoms with Gasteiger partial charge in [-0.05, 0) is 55.8 Å². The number of halogens is 1. The quantitative estimate of drug-likeness (QED) is 0.417. The zero-order chi connectivity index (χ0) is 27.2. The Labute approximate surface area is 222 Å². The number of amides is 2. The van der Waals surface area contributed by atoms with Gasteiger partial charge in [0.05, 0.1) is 17.7 Å². The SMILES string of the molecule is CNC(=O)C(C)N(Cc1ccc(Cl)cc1)C(=O)CN(c1cccc(OC)c1)S(=O)(=O)c1ccc(C)cc1. The molecule has 0 fully saturated rings. The van der Waals surface area contributed by atoms with Gasteiger partial charge in [0.25, 0.3) is 10.0 Å². The summed E-state index contributed by atoms with van der Waals surface area (Å²) in [5.74, 6) is -0.494. The lowest BCUT2D eigenvalue weighted by molar-refractivity contribution is -0.139. The van der Waals surface area contributed by atoms with Crippen LogP contribution in [0.4, 0.5) is 5.69 Å². The molecule has 0 aromatic heterocycles. The fraction of sp³-hybridized carbons (Fsp3) is 0.259. The molecule has 196 valence electrons. The van der Waals surface area contributed by atoms with Crippen LogP contribution in [0.15, 0.2) is 77.7 Å². The van der Waals surface area contributed by atoms with Gasteiger partial charge in [-0.1, -0.05) is 47.5 Å². The summed E-state index contributed by atoms with van der Waals surface area (Å²) in [7, 11) is -1.19. The third-order valence-corrected chi connectivity index (χ3v) is 7.95. The Kier molecular flexibility index (Phi) is 9.18. The Morgan fingerprint density at radius 2 is 1.68 bits per heavy atom. The van der Waals surface area contributed by atoms with E-state index in [4.69, 9.17) is 16.3 Å². The molecule has 1 atom stereocenters. The number of sulfonamides is 1. The Balaban J connectivity index is 2.04. The topological polar surface area (TPSA) is 96.0 Å². The van der Waals surface area contributed by atoms with Crippen molar-refractivity contribution in [1.29, 1.82) is 0 Å². The van der Waals surface area contributed by atoms with Gasteiger partial charge in [0.2, 0.25) is 11.8 Å². The van der Waals surface area contributed by atoms with Crippen molar-refractivity contribution in [2.45, 2.75) is 31.3 Å². The van der Waals surface area contributed by atoms with Crippen molar-refractivity contribution in [2.75, 3.05) is 25.0 Å². The van der Waals surface area contributed by atoms with Gasteiger partial charge < -0.3 is 15.0 Å². The van der Waals surface area contributed by atoms with Crippen molar-refractivity contribution in [3.63, 3.8) is 0 Å². The third-order valence-electron chi connectivity index (χ3n) is 5.91. The number of anilines is 1. The van der Waals surface area contributed by atoms with Gasteiger partial charge in [-0.2, -0.15) is 0 Å². The molecule has 37 heavy (non-hydrogen) atoms. The molecule has 3 rings (SSSR count). The van der Waals surface area contributed by atoms with Crippen molar-refractivity contribution >= 4 is 39.1 Å². The summed E-state index contributed by atoms with van der Waals surface area (Å²) in [5.41, 5.74) is 1.90. The Morgan fingerprint density at radius 1 is 1.03 bits per heavy atom. The summed E-state index contributed by atoms with van der Waals surface area (Å²) in [6.45, 7) is 3.00. The molecule has 8 nitrogen and oxygen atoms in total. The van der Waals surface area contributed by atoms with Gasteiger partial charge in [-0.15, -0.1) is 0 Å². The van der Waals surface area contributed by atoms with Gasteiger partial charge in [0.15, 0.2) is 0 Å². The number of nitrogens with one attached hydrogen (secondary N) is 1. The zero-order valence-corrected chi connectivity index (χ0v) is 22.7. The highest BCUT2D eigenvalue weighted by atomic mass is 35.5. The second-order valence-electron chi connectivity index (χ2n) is 8.46. The van der Waals surface area contributed by atoms with E-state index < -0.39 is 28.5 Å². The number of aryl methyl sites for hydroxylation is 1. The molecule has 0 aliphatic rings. The standard InChI is InChI=1S/C27H30ClN3O5S/c1-19-8-14-25(15-9-19)37(34,35)31(23-6-5-7-24(16-23)36-4)18-26(32)30(20(2)27(33)29-3)17-21-10-12-22(28)13-11-21/h5-16,20H,17-18H2,1-4H3,(H,29,33). The average molecular weight is 544 g/mol. The van der Waals surface area contributed by atoms with Gasteiger partial charge in [-0.25, -0.2) is 8.42 Å². The molecule has 0 bridgehead atoms. The molecule has 2 amide bonds. The van der Waals surface area contributed by atoms with Crippen LogP contribution in [0.25, 0.3) is 0 Å². The molecule has 3 aromatic carbocycles. The van der Waals surface area contributed by atoms with Gasteiger partial charge >= 0.3 is 0 Å². The highest BCUT2D eigenvalue weighted by Gasteiger charge is 2.32. The minimum atomic E-state index is -4.14. The van der Waals surface area contributed by atoms with Crippen molar-refractivity contribution < 1.29 is 22.7 Å². The summed E-state index contributed by atoms with van der Waals surface area (Å²) in [4.78, 5) is 27.6. The molecule has 1 N–H and O–H groups in total. The number of hydrogen-bond donors (Lipinski definition) is 1. The van der Waals surface area contributed by atoms with Crippen LogP contribution in [0.3, 0.4) is 0 Å². The first-order valence-corrected chi connectivity index (χ1v) is 13.4. The molecule has 0 saturated heterocycles. The van der Waals surface area contributed by atoms with Gasteiger partial charge in [0.1, 0.15) is 18.3 Å². The molecule has 0 aliphatic heterocycles. The number of rotatable bonds is 10. The van der Waals surface area contributed by atoms with Crippen LogP contribution in [0, 0.1) is 6.92 Å². The molecular weight excluding hydrogens is 514 g/mol. The highest BCUT2D eigenvalue weighted by molar-refractivity contribution is 7.92. The van der Waals surface area contributed by atoms with Crippen LogP contribution >= 0.6 is 11.6 Å². The predicted molar refractivity (Wildman–Crippen MR) is 144 cm³/mol. The van der Waals surface area contributed by atoms with E-state index >= 15 is 0 Å². The Bertz CT molecular complexity index is 1350. The molecule has 0 saturated carbocycles. The molecule has 0 radical (unpaired) electrons. The normalized spacial score (nSPS) is 11.9. The summed E-state index contributed by atoms with van der Waals surface area (Å²) in [6.07, 6.45) is 0. The van der Waals surface area contributed by atoms with Gasteiger partial charge in [0, 0.05) is 24.7 Å². The number of nitrogens with zero attached hydrogens (tertiary/aromatic N) is 2. The van der Waals surface area contributed by atoms with E-state index in [0.29, 0.717) is 10.8 Å². The number of benzene rings is 3. The maximum atomic E-state index is 13.8. The summed E-state index contributed by atoms with van der Waals surface area (Å²) in [6, 6.07) is 18.9. The van der Waals surface area contributed by atoms with Gasteiger partial charge in [-0.3, -0.25) is 13.9 Å². The average Bonchev–Trinajstić information content (AvgIpc) is 2.90. The number of ether oxygens (including phenoxy) is 1. The van der Waals surface area contributed by atoms with E-state index in [2.05, 4.69) is 5.32 Å². The van der Waals surface area contributed by atoms with E-state index in [0.717, 1.165) is 15.4 Å². The van der Waals surface area contributed by atoms with Crippen LogP contribution in [-0.2, 0) is 26.2 Å². The minimum Gasteiger partial charge on any atom is -0.497 e. The van der Waals surface area contributed by atoms with Crippen molar-refractivity contribution in [1.82, 2.24) is 10.2 Å². The van der Waals surface area contributed by atoms with Crippen LogP contribution in [0.1, 0.15) is 18.1 Å². The summed E-state index contributed by atoms with van der Waals surface area (Å²) >= 11 is 6.00. The molecule has 0 spiro atoms. The third kappa shape index (κ3) is 6.81. The second-order valence-corrected chi connectivity index (χ2v) is 10.8. The number of hydrogen-bond acceptors (Lipinski definition) is 5. The van der Waals surface area contributed by atoms with E-state index in [1.807, 2.05) is 6.92 Å². The maximum absolute atomic E-state index is 13.8. The maximum Gasteiger partial charge on any atom is 0.264 e. The van der Waals surface area contributed by atoms with E-state index in [9.17, 15) is 18.0 Å². The lowest BCUT2D eigenvalue weighted by Crippen LogP contribution is -2.50. The van der Waals surface area contributed by atoms with E-state index in [1.165, 1.54) is 31.2 Å². The Morgan fingerprint density at radius 3 is 2.27 bits per heavy atom. The number of carbonyl (C=O) groups is 2. The Hall–Kier alpha value is -3.56. The van der Waals surface area contributed by atoms with E-state index in [-0.39, 0.29) is 23.0 Å². The van der Waals surface area contributed by atoms with Crippen LogP contribution in [-0.4, -0.2) is 51.9 Å². The van der Waals surface area contributed by atoms with Crippen molar-refractivity contribution in [2.24, 2.45) is 0 Å². The number of carbonyl (C=O) groups excluding carboxylic acids is 2. The zero-order valence-electron chi connectivity index (χ0n) is 21.1. The molecular formula is C27H30ClN3O5S. The lowest BCUT2D eigenvalue weighted by atomic mass is 10.1. The monoisotopic (exact) mass is 543 g/mol. The second kappa shape index (κ2) is 12.1. The van der Waals surface area contributed by atoms with Crippen molar-refractivity contribution in [3.8, 4) is 5.75 Å². The first kappa shape index (κ1) is 28.0. The molecule has 3 aromatic rings. The number of likely N-dealkylation sites (N-methyl/N-ethyl adjacent to an activating group) is 1. The molecule has 0 heterocycles. The highest BCUT2D eigenvalue weighted by Crippen LogP contribution is 2.28. The molecule has 10 heteroatoms. The fourth-order valence-corrected chi connectivity index (χ4v) is 5.24. The first-order chi connectivity index (χ1) is 17.6. The molecule has 1 unspecified atom stereocenters. The number of methoxy groups -OCH3 is 1. The molecule has 0 aliphatic carbocycles.